The van der Waals surface area contributed by atoms with Crippen LogP contribution in [0.3, 0.4) is 0 Å². The molecule has 1 saturated carbocycles. The second-order valence-corrected chi connectivity index (χ2v) is 21.0. The minimum absolute atomic E-state index is 0.0840. The minimum atomic E-state index is -2.00. The highest BCUT2D eigenvalue weighted by atomic mass is 32.2. The van der Waals surface area contributed by atoms with Crippen molar-refractivity contribution in [1.29, 1.82) is 0 Å². The number of thioether (sulfide) groups is 3. The van der Waals surface area contributed by atoms with Gasteiger partial charge in [0.05, 0.1) is 23.8 Å². The summed E-state index contributed by atoms with van der Waals surface area (Å²) in [6.45, 7) is 4.58. The summed E-state index contributed by atoms with van der Waals surface area (Å²) in [5.74, 6) is 3.32. The van der Waals surface area contributed by atoms with Crippen molar-refractivity contribution < 1.29 is 32.0 Å². The van der Waals surface area contributed by atoms with Crippen LogP contribution in [0.4, 0.5) is 21.5 Å². The first kappa shape index (κ1) is 51.6. The van der Waals surface area contributed by atoms with E-state index in [2.05, 4.69) is 51.1 Å². The zero-order valence-electron chi connectivity index (χ0n) is 42.0. The molecule has 1 aliphatic rings. The molecule has 78 heavy (non-hydrogen) atoms. The summed E-state index contributed by atoms with van der Waals surface area (Å²) in [4.78, 5) is 39.1. The fourth-order valence-electron chi connectivity index (χ4n) is 8.55. The Bertz CT molecular complexity index is 3670. The van der Waals surface area contributed by atoms with Crippen molar-refractivity contribution in [3.8, 4) is 57.4 Å². The Morgan fingerprint density at radius 1 is 0.590 bits per heavy atom. The maximum absolute atomic E-state index is 15.7. The molecule has 394 valence electrons. The van der Waals surface area contributed by atoms with E-state index in [0.29, 0.717) is 86.3 Å². The molecule has 10 aromatic rings. The highest BCUT2D eigenvalue weighted by molar-refractivity contribution is 8.00. The average molecular weight is 1100 g/mol. The molecule has 3 amide bonds. The molecular formula is C56H49FN12O6S3. The van der Waals surface area contributed by atoms with Gasteiger partial charge in [-0.25, -0.2) is 4.39 Å². The van der Waals surface area contributed by atoms with Crippen molar-refractivity contribution in [3.63, 3.8) is 0 Å². The first-order valence-corrected chi connectivity index (χ1v) is 27.9. The van der Waals surface area contributed by atoms with E-state index in [1.54, 1.807) is 41.0 Å². The van der Waals surface area contributed by atoms with Crippen molar-refractivity contribution in [2.45, 2.75) is 72.7 Å². The van der Waals surface area contributed by atoms with Crippen LogP contribution < -0.4 is 16.0 Å². The van der Waals surface area contributed by atoms with Gasteiger partial charge in [0, 0.05) is 40.8 Å². The van der Waals surface area contributed by atoms with E-state index >= 15 is 4.39 Å². The molecule has 2 atom stereocenters. The van der Waals surface area contributed by atoms with Gasteiger partial charge >= 0.3 is 0 Å². The van der Waals surface area contributed by atoms with Crippen LogP contribution in [0.25, 0.3) is 57.4 Å². The van der Waals surface area contributed by atoms with Gasteiger partial charge in [0.2, 0.25) is 34.8 Å². The van der Waals surface area contributed by atoms with E-state index in [-0.39, 0.29) is 40.6 Å². The number of nitrogens with one attached hydrogen (secondary N) is 3. The van der Waals surface area contributed by atoms with Gasteiger partial charge in [-0.05, 0) is 141 Å². The predicted molar refractivity (Wildman–Crippen MR) is 297 cm³/mol. The van der Waals surface area contributed by atoms with E-state index < -0.39 is 11.4 Å². The van der Waals surface area contributed by atoms with Crippen LogP contribution in [-0.2, 0) is 20.9 Å². The number of rotatable bonds is 22. The zero-order chi connectivity index (χ0) is 53.5. The molecule has 0 bridgehead atoms. The summed E-state index contributed by atoms with van der Waals surface area (Å²) >= 11 is 3.27. The summed E-state index contributed by atoms with van der Waals surface area (Å²) in [7, 11) is 0. The van der Waals surface area contributed by atoms with Gasteiger partial charge in [0.1, 0.15) is 11.5 Å². The van der Waals surface area contributed by atoms with Crippen LogP contribution in [0.2, 0.25) is 0 Å². The highest BCUT2D eigenvalue weighted by Crippen LogP contribution is 2.42. The monoisotopic (exact) mass is 1100 g/mol. The molecule has 0 spiro atoms. The van der Waals surface area contributed by atoms with Crippen LogP contribution in [-0.4, -0.2) is 79.0 Å². The molecule has 6 aromatic heterocycles. The number of furan rings is 3. The van der Waals surface area contributed by atoms with Crippen LogP contribution >= 0.6 is 35.3 Å². The Morgan fingerprint density at radius 3 is 1.74 bits per heavy atom. The van der Waals surface area contributed by atoms with E-state index in [1.807, 2.05) is 128 Å². The molecule has 0 saturated heterocycles. The third kappa shape index (κ3) is 11.7. The number of halogens is 1. The maximum Gasteiger partial charge on any atom is 0.269 e. The summed E-state index contributed by atoms with van der Waals surface area (Å²) in [6, 6.07) is 44.1. The lowest BCUT2D eigenvalue weighted by atomic mass is 10.1. The number of hydrogen-bond donors (Lipinski definition) is 3. The van der Waals surface area contributed by atoms with Crippen LogP contribution in [0, 0.1) is 0 Å². The first-order valence-electron chi connectivity index (χ1n) is 25.0. The summed E-state index contributed by atoms with van der Waals surface area (Å²) in [5, 5.41) is 36.3. The smallest absolute Gasteiger partial charge is 0.269 e. The molecule has 11 rings (SSSR count). The molecule has 18 nitrogen and oxygen atoms in total. The predicted octanol–water partition coefficient (Wildman–Crippen LogP) is 12.4. The number of alkyl halides is 1. The molecule has 2 unspecified atom stereocenters. The Labute approximate surface area is 459 Å². The standard InChI is InChI=1S/C56H49FN12O6S3/c1-3-30-67-50(45-28-26-42(74-45)37-18-22-40(23-19-37)60-53(72)49(57)78-56-66-62-51(44-15-10-31-73-44)68(56)34(2)35-11-6-4-7-12-35)61-64-54(67)76-32-47(70)59-39-20-16-36(17-21-39)43-27-29-46(75-43)52-63-65-55(69(52)41-24-25-41)77-33-48(71)58-38-13-8-5-9-14-38/h4-23,26-29,31,34,41,49H,3,24-25,30,32-33H2,1-2H3,(H,58,71)(H,59,70)(H,60,72). The fraction of sp³-hybridized carbons (Fsp3) is 0.196. The van der Waals surface area contributed by atoms with Gasteiger partial charge in [-0.3, -0.25) is 28.1 Å². The SMILES string of the molecule is CCCn1c(SCC(=O)Nc2ccc(-c3ccc(-c4nnc(SCC(=O)Nc5ccccc5)n4C4CC4)o3)cc2)nnc1-c1ccc(-c2ccc(NC(=O)C(F)Sc3nnc(-c4ccco4)n3C(C)c3ccccc3)cc2)o1. The third-order valence-corrected chi connectivity index (χ3v) is 15.3. The molecule has 0 radical (unpaired) electrons. The van der Waals surface area contributed by atoms with Gasteiger partial charge in [0.15, 0.2) is 32.8 Å². The Kier molecular flexibility index (Phi) is 15.5. The second kappa shape index (κ2) is 23.4. The molecule has 1 fully saturated rings. The molecule has 1 aliphatic carbocycles. The number of benzene rings is 4. The van der Waals surface area contributed by atoms with Crippen molar-refractivity contribution in [1.82, 2.24) is 44.3 Å². The van der Waals surface area contributed by atoms with E-state index in [9.17, 15) is 14.4 Å². The van der Waals surface area contributed by atoms with E-state index in [1.165, 1.54) is 29.8 Å². The lowest BCUT2D eigenvalue weighted by Gasteiger charge is -2.18. The third-order valence-electron chi connectivity index (χ3n) is 12.5. The zero-order valence-corrected chi connectivity index (χ0v) is 44.4. The number of carbonyl (C=O) groups is 3. The quantitative estimate of drug-likeness (QED) is 0.0538. The summed E-state index contributed by atoms with van der Waals surface area (Å²) < 4.78 is 39.6. The molecule has 4 aromatic carbocycles. The van der Waals surface area contributed by atoms with Gasteiger partial charge in [0.25, 0.3) is 5.91 Å². The number of hydrogen-bond acceptors (Lipinski definition) is 15. The van der Waals surface area contributed by atoms with E-state index in [0.717, 1.165) is 41.6 Å². The van der Waals surface area contributed by atoms with Crippen molar-refractivity contribution in [2.24, 2.45) is 0 Å². The lowest BCUT2D eigenvalue weighted by molar-refractivity contribution is -0.118. The van der Waals surface area contributed by atoms with E-state index in [4.69, 9.17) is 13.3 Å². The molecule has 0 aliphatic heterocycles. The number of carbonyl (C=O) groups excluding carboxylic acids is 3. The van der Waals surface area contributed by atoms with Gasteiger partial charge in [-0.1, -0.05) is 79.0 Å². The van der Waals surface area contributed by atoms with Gasteiger partial charge in [-0.15, -0.1) is 30.6 Å². The topological polar surface area (TPSA) is 219 Å². The van der Waals surface area contributed by atoms with Crippen LogP contribution in [0.5, 0.6) is 0 Å². The number of aromatic nitrogens is 9. The number of nitrogens with zero attached hydrogens (tertiary/aromatic N) is 9. The average Bonchev–Trinajstić information content (AvgIpc) is 4.20. The maximum atomic E-state index is 15.7. The molecule has 22 heteroatoms. The number of para-hydroxylation sites is 1. The van der Waals surface area contributed by atoms with Crippen molar-refractivity contribution in [3.05, 3.63) is 157 Å². The fourth-order valence-corrected chi connectivity index (χ4v) is 10.9. The molecular weight excluding hydrogens is 1050 g/mol. The van der Waals surface area contributed by atoms with Gasteiger partial charge in [-0.2, -0.15) is 0 Å². The Hall–Kier alpha value is -8.47. The number of amides is 3. The Balaban J connectivity index is 0.678. The lowest BCUT2D eigenvalue weighted by Crippen LogP contribution is -2.22. The molecule has 3 N–H and O–H groups in total. The van der Waals surface area contributed by atoms with Crippen LogP contribution in [0.15, 0.2) is 181 Å². The summed E-state index contributed by atoms with van der Waals surface area (Å²) in [5.41, 5.74) is 2.23. The number of anilines is 3. The van der Waals surface area contributed by atoms with Crippen LogP contribution in [0.1, 0.15) is 50.8 Å². The minimum Gasteiger partial charge on any atom is -0.461 e. The molecule has 6 heterocycles. The highest BCUT2D eigenvalue weighted by Gasteiger charge is 2.32. The second-order valence-electron chi connectivity index (χ2n) is 18.1. The first-order chi connectivity index (χ1) is 38.1. The normalized spacial score (nSPS) is 13.1. The summed E-state index contributed by atoms with van der Waals surface area (Å²) in [6.07, 6.45) is 4.30. The largest absolute Gasteiger partial charge is 0.461 e. The van der Waals surface area contributed by atoms with Gasteiger partial charge < -0.3 is 29.2 Å². The van der Waals surface area contributed by atoms with Crippen molar-refractivity contribution >= 4 is 70.1 Å². The Morgan fingerprint density at radius 2 is 1.13 bits per heavy atom. The van der Waals surface area contributed by atoms with Crippen molar-refractivity contribution in [2.75, 3.05) is 27.5 Å².